The van der Waals surface area contributed by atoms with Crippen LogP contribution in [0.25, 0.3) is 0 Å². The molecule has 0 aliphatic carbocycles. The highest BCUT2D eigenvalue weighted by Gasteiger charge is 2.22. The monoisotopic (exact) mass is 376 g/mol. The number of aromatic carboxylic acids is 1. The quantitative estimate of drug-likeness (QED) is 0.625. The summed E-state index contributed by atoms with van der Waals surface area (Å²) in [5.41, 5.74) is 1.45. The number of carboxylic acid groups (broad SMARTS) is 1. The van der Waals surface area contributed by atoms with E-state index in [0.717, 1.165) is 12.0 Å². The lowest BCUT2D eigenvalue weighted by Gasteiger charge is -2.16. The van der Waals surface area contributed by atoms with Crippen LogP contribution in [0.4, 0.5) is 5.69 Å². The van der Waals surface area contributed by atoms with Gasteiger partial charge in [0.05, 0.1) is 11.3 Å². The van der Waals surface area contributed by atoms with Crippen molar-refractivity contribution in [2.75, 3.05) is 11.9 Å². The number of sulfonamides is 1. The van der Waals surface area contributed by atoms with E-state index < -0.39 is 16.0 Å². The topological polar surface area (TPSA) is 95.5 Å². The minimum absolute atomic E-state index is 0.0502. The predicted octanol–water partition coefficient (Wildman–Crippen LogP) is 3.12. The van der Waals surface area contributed by atoms with E-state index in [2.05, 4.69) is 10.0 Å². The summed E-state index contributed by atoms with van der Waals surface area (Å²) in [6.45, 7) is 4.17. The molecule has 140 valence electrons. The number of rotatable bonds is 9. The van der Waals surface area contributed by atoms with Gasteiger partial charge in [0.2, 0.25) is 10.0 Å². The molecule has 2 aromatic rings. The van der Waals surface area contributed by atoms with E-state index in [9.17, 15) is 18.3 Å². The van der Waals surface area contributed by atoms with Crippen LogP contribution in [0.2, 0.25) is 0 Å². The Morgan fingerprint density at radius 1 is 1.15 bits per heavy atom. The summed E-state index contributed by atoms with van der Waals surface area (Å²) in [5, 5.41) is 12.3. The lowest BCUT2D eigenvalue weighted by atomic mass is 10.1. The van der Waals surface area contributed by atoms with Crippen LogP contribution in [0.5, 0.6) is 0 Å². The number of benzene rings is 2. The highest BCUT2D eigenvalue weighted by molar-refractivity contribution is 7.89. The second-order valence-electron chi connectivity index (χ2n) is 6.11. The molecule has 0 bridgehead atoms. The second-order valence-corrected chi connectivity index (χ2v) is 7.79. The molecule has 0 aliphatic heterocycles. The summed E-state index contributed by atoms with van der Waals surface area (Å²) >= 11 is 0. The molecule has 0 spiro atoms. The molecule has 0 radical (unpaired) electrons. The van der Waals surface area contributed by atoms with Crippen molar-refractivity contribution in [2.24, 2.45) is 0 Å². The molecule has 0 aromatic heterocycles. The largest absolute Gasteiger partial charge is 0.478 e. The Morgan fingerprint density at radius 2 is 1.85 bits per heavy atom. The van der Waals surface area contributed by atoms with Gasteiger partial charge in [-0.25, -0.2) is 17.9 Å². The lowest BCUT2D eigenvalue weighted by molar-refractivity contribution is 0.0696. The van der Waals surface area contributed by atoms with Crippen LogP contribution in [0.15, 0.2) is 53.4 Å². The number of hydrogen-bond acceptors (Lipinski definition) is 4. The zero-order valence-corrected chi connectivity index (χ0v) is 15.7. The van der Waals surface area contributed by atoms with Crippen LogP contribution in [0.1, 0.15) is 36.2 Å². The number of nitrogens with one attached hydrogen (secondary N) is 2. The van der Waals surface area contributed by atoms with Gasteiger partial charge in [-0.15, -0.1) is 0 Å². The Morgan fingerprint density at radius 3 is 2.46 bits per heavy atom. The van der Waals surface area contributed by atoms with Gasteiger partial charge in [-0.05, 0) is 43.5 Å². The molecule has 0 saturated heterocycles. The predicted molar refractivity (Wildman–Crippen MR) is 102 cm³/mol. The van der Waals surface area contributed by atoms with Gasteiger partial charge in [0.15, 0.2) is 0 Å². The Hall–Kier alpha value is -2.38. The maximum absolute atomic E-state index is 12.7. The van der Waals surface area contributed by atoms with E-state index in [0.29, 0.717) is 18.7 Å². The van der Waals surface area contributed by atoms with Crippen molar-refractivity contribution in [2.45, 2.75) is 37.6 Å². The first-order chi connectivity index (χ1) is 12.3. The van der Waals surface area contributed by atoms with Crippen molar-refractivity contribution in [1.82, 2.24) is 4.72 Å². The summed E-state index contributed by atoms with van der Waals surface area (Å²) in [5.74, 6) is -1.17. The zero-order chi connectivity index (χ0) is 19.2. The molecular formula is C19H24N2O4S. The Kier molecular flexibility index (Phi) is 6.76. The molecule has 0 saturated carbocycles. The van der Waals surface area contributed by atoms with Crippen molar-refractivity contribution < 1.29 is 18.3 Å². The standard InChI is InChI=1S/C19H24N2O4S/c1-3-14(2)21-26(24,25)18-13-16(19(22)23)9-10-17(18)20-12-11-15-7-5-4-6-8-15/h4-10,13-14,20-21H,3,11-12H2,1-2H3,(H,22,23). The smallest absolute Gasteiger partial charge is 0.335 e. The van der Waals surface area contributed by atoms with Gasteiger partial charge in [-0.3, -0.25) is 0 Å². The van der Waals surface area contributed by atoms with Crippen molar-refractivity contribution in [3.8, 4) is 0 Å². The van der Waals surface area contributed by atoms with Gasteiger partial charge in [0, 0.05) is 12.6 Å². The van der Waals surface area contributed by atoms with E-state index in [1.165, 1.54) is 18.2 Å². The van der Waals surface area contributed by atoms with Gasteiger partial charge in [0.25, 0.3) is 0 Å². The van der Waals surface area contributed by atoms with E-state index in [1.54, 1.807) is 6.92 Å². The fourth-order valence-electron chi connectivity index (χ4n) is 2.42. The van der Waals surface area contributed by atoms with Gasteiger partial charge in [-0.2, -0.15) is 0 Å². The number of anilines is 1. The van der Waals surface area contributed by atoms with Gasteiger partial charge >= 0.3 is 5.97 Å². The van der Waals surface area contributed by atoms with Gasteiger partial charge < -0.3 is 10.4 Å². The molecule has 0 fully saturated rings. The molecule has 7 heteroatoms. The molecule has 2 aromatic carbocycles. The normalized spacial score (nSPS) is 12.5. The first kappa shape index (κ1) is 19.9. The van der Waals surface area contributed by atoms with E-state index in [1.807, 2.05) is 37.3 Å². The minimum Gasteiger partial charge on any atom is -0.478 e. The third-order valence-corrected chi connectivity index (χ3v) is 5.69. The number of carboxylic acids is 1. The molecule has 3 N–H and O–H groups in total. The van der Waals surface area contributed by atoms with Crippen LogP contribution in [0.3, 0.4) is 0 Å². The highest BCUT2D eigenvalue weighted by atomic mass is 32.2. The summed E-state index contributed by atoms with van der Waals surface area (Å²) in [6, 6.07) is 13.7. The molecule has 0 amide bonds. The van der Waals surface area contributed by atoms with Crippen LogP contribution >= 0.6 is 0 Å². The lowest BCUT2D eigenvalue weighted by Crippen LogP contribution is -2.32. The van der Waals surface area contributed by atoms with Crippen LogP contribution < -0.4 is 10.0 Å². The maximum atomic E-state index is 12.7. The van der Waals surface area contributed by atoms with E-state index in [-0.39, 0.29) is 16.5 Å². The molecule has 0 heterocycles. The summed E-state index contributed by atoms with van der Waals surface area (Å²) < 4.78 is 27.9. The zero-order valence-electron chi connectivity index (χ0n) is 14.9. The fourth-order valence-corrected chi connectivity index (χ4v) is 3.96. The molecule has 2 rings (SSSR count). The SMILES string of the molecule is CCC(C)NS(=O)(=O)c1cc(C(=O)O)ccc1NCCc1ccccc1. The molecule has 1 atom stereocenters. The van der Waals surface area contributed by atoms with Crippen molar-refractivity contribution >= 4 is 21.7 Å². The van der Waals surface area contributed by atoms with Gasteiger partial charge in [0.1, 0.15) is 4.90 Å². The average Bonchev–Trinajstić information content (AvgIpc) is 2.62. The Labute approximate surface area is 154 Å². The maximum Gasteiger partial charge on any atom is 0.335 e. The first-order valence-corrected chi connectivity index (χ1v) is 9.99. The highest BCUT2D eigenvalue weighted by Crippen LogP contribution is 2.23. The van der Waals surface area contributed by atoms with Crippen LogP contribution in [-0.2, 0) is 16.4 Å². The van der Waals surface area contributed by atoms with Crippen LogP contribution in [-0.4, -0.2) is 32.1 Å². The fraction of sp³-hybridized carbons (Fsp3) is 0.316. The summed E-state index contributed by atoms with van der Waals surface area (Å²) in [7, 11) is -3.83. The molecule has 26 heavy (non-hydrogen) atoms. The molecule has 6 nitrogen and oxygen atoms in total. The third kappa shape index (κ3) is 5.31. The average molecular weight is 376 g/mol. The van der Waals surface area contributed by atoms with E-state index in [4.69, 9.17) is 0 Å². The Balaban J connectivity index is 2.25. The van der Waals surface area contributed by atoms with Crippen molar-refractivity contribution in [3.05, 3.63) is 59.7 Å². The summed E-state index contributed by atoms with van der Waals surface area (Å²) in [6.07, 6.45) is 1.36. The molecule has 1 unspecified atom stereocenters. The molecule has 0 aliphatic rings. The molecular weight excluding hydrogens is 352 g/mol. The van der Waals surface area contributed by atoms with Crippen molar-refractivity contribution in [3.63, 3.8) is 0 Å². The number of hydrogen-bond donors (Lipinski definition) is 3. The minimum atomic E-state index is -3.83. The third-order valence-electron chi connectivity index (χ3n) is 4.06. The second kappa shape index (κ2) is 8.82. The first-order valence-electron chi connectivity index (χ1n) is 8.51. The van der Waals surface area contributed by atoms with E-state index >= 15 is 0 Å². The van der Waals surface area contributed by atoms with Crippen molar-refractivity contribution in [1.29, 1.82) is 0 Å². The van der Waals surface area contributed by atoms with Gasteiger partial charge in [-0.1, -0.05) is 37.3 Å². The Bertz CT molecular complexity index is 851. The van der Waals surface area contributed by atoms with Crippen LogP contribution in [0, 0.1) is 0 Å². The summed E-state index contributed by atoms with van der Waals surface area (Å²) in [4.78, 5) is 11.2. The number of carbonyl (C=O) groups is 1.